The number of carbonyl (C=O) groups excluding carboxylic acids is 1. The maximum Gasteiger partial charge on any atom is 0.255 e. The van der Waals surface area contributed by atoms with Crippen LogP contribution in [-0.4, -0.2) is 57.4 Å². The predicted molar refractivity (Wildman–Crippen MR) is 44.2 cm³/mol. The first-order valence-electron chi connectivity index (χ1n) is 3.83. The molecule has 0 saturated heterocycles. The van der Waals surface area contributed by atoms with Crippen LogP contribution in [0.15, 0.2) is 5.11 Å². The van der Waals surface area contributed by atoms with Crippen LogP contribution >= 0.6 is 0 Å². The molecule has 0 spiro atoms. The fraction of sp³-hybridized carbons (Fsp3) is 0.833. The molecule has 0 aromatic carbocycles. The number of nitrogens with zero attached hydrogens (tertiary/aromatic N) is 3. The lowest BCUT2D eigenvalue weighted by molar-refractivity contribution is -0.137. The highest BCUT2D eigenvalue weighted by Gasteiger charge is 2.34. The molecule has 0 aliphatic carbocycles. The van der Waals surface area contributed by atoms with E-state index in [1.165, 1.54) is 0 Å². The zero-order chi connectivity index (χ0) is 12.0. The first-order chi connectivity index (χ1) is 6.95. The van der Waals surface area contributed by atoms with E-state index in [0.717, 1.165) is 0 Å². The third-order valence-electron chi connectivity index (χ3n) is 1.61. The Morgan fingerprint density at radius 1 is 1.40 bits per heavy atom. The van der Waals surface area contributed by atoms with Crippen LogP contribution in [0, 0.1) is 0 Å². The zero-order valence-electron chi connectivity index (χ0n) is 7.43. The molecule has 0 aromatic heterocycles. The third-order valence-corrected chi connectivity index (χ3v) is 1.61. The van der Waals surface area contributed by atoms with Gasteiger partial charge in [-0.2, -0.15) is 0 Å². The van der Waals surface area contributed by atoms with E-state index in [1.807, 2.05) is 4.91 Å². The molecule has 0 radical (unpaired) electrons. The van der Waals surface area contributed by atoms with E-state index in [0.29, 0.717) is 0 Å². The topological polar surface area (TPSA) is 147 Å². The molecule has 15 heavy (non-hydrogen) atoms. The van der Waals surface area contributed by atoms with Gasteiger partial charge < -0.3 is 20.4 Å². The van der Waals surface area contributed by atoms with Crippen molar-refractivity contribution in [2.24, 2.45) is 5.11 Å². The van der Waals surface area contributed by atoms with Crippen molar-refractivity contribution in [1.29, 1.82) is 0 Å². The number of aliphatic hydroxyl groups is 4. The van der Waals surface area contributed by atoms with Crippen LogP contribution in [0.4, 0.5) is 4.39 Å². The molecular formula is C6H10FN3O5. The van der Waals surface area contributed by atoms with Crippen molar-refractivity contribution in [2.75, 3.05) is 6.61 Å². The van der Waals surface area contributed by atoms with Crippen molar-refractivity contribution < 1.29 is 29.6 Å². The number of hydrogen-bond acceptors (Lipinski definition) is 5. The number of aliphatic hydroxyl groups excluding tert-OH is 4. The van der Waals surface area contributed by atoms with E-state index in [-0.39, 0.29) is 0 Å². The summed E-state index contributed by atoms with van der Waals surface area (Å²) in [5.74, 6) is -1.62. The number of hydrogen-bond donors (Lipinski definition) is 4. The van der Waals surface area contributed by atoms with Gasteiger partial charge in [-0.1, -0.05) is 0 Å². The number of carbonyl (C=O) groups is 1. The van der Waals surface area contributed by atoms with Crippen LogP contribution in [0.1, 0.15) is 0 Å². The number of alkyl halides is 1. The van der Waals surface area contributed by atoms with Gasteiger partial charge in [0.05, 0.1) is 6.61 Å². The molecule has 0 unspecified atom stereocenters. The highest BCUT2D eigenvalue weighted by molar-refractivity contribution is 5.82. The van der Waals surface area contributed by atoms with E-state index < -0.39 is 37.0 Å². The van der Waals surface area contributed by atoms with Crippen molar-refractivity contribution in [3.05, 3.63) is 10.4 Å². The second-order valence-electron chi connectivity index (χ2n) is 2.66. The average Bonchev–Trinajstić information content (AvgIpc) is 2.25. The first-order valence-corrected chi connectivity index (χ1v) is 3.83. The summed E-state index contributed by atoms with van der Waals surface area (Å²) in [6.45, 7) is -0.916. The highest BCUT2D eigenvalue weighted by Crippen LogP contribution is 2.09. The van der Waals surface area contributed by atoms with E-state index in [1.54, 1.807) is 0 Å². The summed E-state index contributed by atoms with van der Waals surface area (Å²) in [5, 5.41) is 37.5. The van der Waals surface area contributed by atoms with Gasteiger partial charge >= 0.3 is 0 Å². The second-order valence-corrected chi connectivity index (χ2v) is 2.66. The van der Waals surface area contributed by atoms with Crippen LogP contribution in [0.2, 0.25) is 0 Å². The summed E-state index contributed by atoms with van der Waals surface area (Å²) in [6.07, 6.45) is -8.78. The zero-order valence-corrected chi connectivity index (χ0v) is 7.43. The summed E-state index contributed by atoms with van der Waals surface area (Å²) in [6, 6.07) is 0. The molecule has 0 aliphatic rings. The quantitative estimate of drug-likeness (QED) is 0.247. The predicted octanol–water partition coefficient (Wildman–Crippen LogP) is -1.76. The fourth-order valence-corrected chi connectivity index (χ4v) is 0.754. The Labute approximate surface area is 83.2 Å². The minimum Gasteiger partial charge on any atom is -0.394 e. The van der Waals surface area contributed by atoms with Crippen molar-refractivity contribution in [3.63, 3.8) is 0 Å². The molecule has 1 amide bonds. The molecule has 8 nitrogen and oxygen atoms in total. The van der Waals surface area contributed by atoms with E-state index >= 15 is 0 Å². The molecule has 0 aliphatic heterocycles. The number of rotatable bonds is 5. The maximum atomic E-state index is 12.9. The largest absolute Gasteiger partial charge is 0.394 e. The summed E-state index contributed by atoms with van der Waals surface area (Å²) in [7, 11) is 0. The summed E-state index contributed by atoms with van der Waals surface area (Å²) in [5.41, 5.74) is 7.80. The smallest absolute Gasteiger partial charge is 0.255 e. The Balaban J connectivity index is 4.49. The van der Waals surface area contributed by atoms with E-state index in [4.69, 9.17) is 26.0 Å². The summed E-state index contributed by atoms with van der Waals surface area (Å²) < 4.78 is 12.9. The summed E-state index contributed by atoms with van der Waals surface area (Å²) >= 11 is 0. The van der Waals surface area contributed by atoms with Gasteiger partial charge in [0.15, 0.2) is 6.17 Å². The van der Waals surface area contributed by atoms with Crippen LogP contribution < -0.4 is 0 Å². The fourth-order valence-electron chi connectivity index (χ4n) is 0.754. The molecule has 0 aromatic rings. The lowest BCUT2D eigenvalue weighted by Gasteiger charge is -2.22. The number of amides is 1. The van der Waals surface area contributed by atoms with Crippen molar-refractivity contribution in [2.45, 2.75) is 24.5 Å². The van der Waals surface area contributed by atoms with Gasteiger partial charge in [-0.05, 0) is 10.6 Å². The second kappa shape index (κ2) is 6.27. The van der Waals surface area contributed by atoms with Crippen molar-refractivity contribution in [1.82, 2.24) is 0 Å². The molecule has 0 saturated carbocycles. The Morgan fingerprint density at radius 3 is 2.33 bits per heavy atom. The van der Waals surface area contributed by atoms with Crippen LogP contribution in [0.3, 0.4) is 0 Å². The lowest BCUT2D eigenvalue weighted by atomic mass is 10.0. The Kier molecular flexibility index (Phi) is 5.75. The molecular weight excluding hydrogens is 213 g/mol. The highest BCUT2D eigenvalue weighted by atomic mass is 19.1. The molecule has 86 valence electrons. The third kappa shape index (κ3) is 3.78. The molecule has 0 fully saturated rings. The van der Waals surface area contributed by atoms with Crippen molar-refractivity contribution >= 4 is 5.91 Å². The average molecular weight is 223 g/mol. The maximum absolute atomic E-state index is 12.9. The molecule has 0 rings (SSSR count). The molecule has 9 heteroatoms. The Bertz CT molecular complexity index is 269. The van der Waals surface area contributed by atoms with Gasteiger partial charge in [0.25, 0.3) is 5.91 Å². The van der Waals surface area contributed by atoms with Gasteiger partial charge in [0, 0.05) is 4.91 Å². The minimum absolute atomic E-state index is 0.916. The summed E-state index contributed by atoms with van der Waals surface area (Å²) in [4.78, 5) is 12.6. The van der Waals surface area contributed by atoms with Gasteiger partial charge in [-0.15, -0.1) is 0 Å². The van der Waals surface area contributed by atoms with E-state index in [9.17, 15) is 9.18 Å². The van der Waals surface area contributed by atoms with Crippen molar-refractivity contribution in [3.8, 4) is 0 Å². The normalized spacial score (nSPS) is 18.5. The lowest BCUT2D eigenvalue weighted by Crippen LogP contribution is -2.46. The first kappa shape index (κ1) is 13.8. The molecule has 4 N–H and O–H groups in total. The van der Waals surface area contributed by atoms with Gasteiger partial charge in [-0.25, -0.2) is 4.39 Å². The van der Waals surface area contributed by atoms with E-state index in [2.05, 4.69) is 5.11 Å². The van der Waals surface area contributed by atoms with Gasteiger partial charge in [0.2, 0.25) is 0 Å². The number of halogens is 1. The molecule has 0 bridgehead atoms. The van der Waals surface area contributed by atoms with Crippen LogP contribution in [0.5, 0.6) is 0 Å². The van der Waals surface area contributed by atoms with Gasteiger partial charge in [0.1, 0.15) is 18.3 Å². The van der Waals surface area contributed by atoms with Crippen LogP contribution in [0.25, 0.3) is 10.4 Å². The number of azide groups is 1. The Hall–Kier alpha value is -1.25. The van der Waals surface area contributed by atoms with Gasteiger partial charge in [-0.3, -0.25) is 4.79 Å². The van der Waals surface area contributed by atoms with Crippen LogP contribution in [-0.2, 0) is 4.79 Å². The standard InChI is InChI=1S/C6H10FN3O5/c7-3(6(15)9-10-8)5(14)4(13)2(12)1-11/h2-5,11-14H,1H2/t2-,3-,4-,5-/m1/s1. The molecule has 4 atom stereocenters. The minimum atomic E-state index is -2.66. The Morgan fingerprint density at radius 2 is 1.93 bits per heavy atom. The monoisotopic (exact) mass is 223 g/mol. The SMILES string of the molecule is [N-]=[N+]=NC(=O)[C@H](F)[C@@H](O)[C@H](O)[C@H](O)CO. The molecule has 0 heterocycles.